The second kappa shape index (κ2) is 7.49. The lowest BCUT2D eigenvalue weighted by Crippen LogP contribution is -2.23. The first kappa shape index (κ1) is 16.6. The number of nitrogens with zero attached hydrogens (tertiary/aromatic N) is 2. The number of aliphatic imine (C=N–C) groups is 1. The summed E-state index contributed by atoms with van der Waals surface area (Å²) in [7, 11) is 5.18. The molecular weight excluding hydrogens is 295 g/mol. The Morgan fingerprint density at radius 1 is 1.26 bits per heavy atom. The van der Waals surface area contributed by atoms with Crippen LogP contribution in [0.15, 0.2) is 47.5 Å². The van der Waals surface area contributed by atoms with Crippen LogP contribution in [0, 0.1) is 5.82 Å². The molecule has 0 heterocycles. The minimum absolute atomic E-state index is 0.242. The number of anilines is 2. The second-order valence-corrected chi connectivity index (χ2v) is 5.21. The number of ether oxygens (including phenoxy) is 1. The number of rotatable bonds is 5. The highest BCUT2D eigenvalue weighted by Gasteiger charge is 2.06. The maximum absolute atomic E-state index is 13.9. The zero-order valence-corrected chi connectivity index (χ0v) is 13.5. The Morgan fingerprint density at radius 2 is 2.00 bits per heavy atom. The maximum Gasteiger partial charge on any atom is 0.193 e. The average Bonchev–Trinajstić information content (AvgIpc) is 2.53. The van der Waals surface area contributed by atoms with E-state index in [0.29, 0.717) is 18.0 Å². The molecule has 0 saturated carbocycles. The van der Waals surface area contributed by atoms with Gasteiger partial charge in [0.2, 0.25) is 0 Å². The monoisotopic (exact) mass is 316 g/mol. The van der Waals surface area contributed by atoms with Crippen LogP contribution in [0.3, 0.4) is 0 Å². The fourth-order valence-corrected chi connectivity index (χ4v) is 2.11. The quantitative estimate of drug-likeness (QED) is 0.658. The Bertz CT molecular complexity index is 701. The molecule has 0 unspecified atom stereocenters. The number of halogens is 1. The van der Waals surface area contributed by atoms with Gasteiger partial charge in [0.25, 0.3) is 0 Å². The number of benzene rings is 2. The van der Waals surface area contributed by atoms with Gasteiger partial charge in [0.1, 0.15) is 11.6 Å². The van der Waals surface area contributed by atoms with E-state index in [4.69, 9.17) is 10.5 Å². The SMILES string of the molecule is COc1ccccc1NC(N)=NCc1ccc(N(C)C)c(F)c1. The van der Waals surface area contributed by atoms with E-state index < -0.39 is 0 Å². The van der Waals surface area contributed by atoms with Crippen LogP contribution in [-0.4, -0.2) is 27.2 Å². The number of para-hydroxylation sites is 2. The van der Waals surface area contributed by atoms with Gasteiger partial charge in [-0.3, -0.25) is 0 Å². The Kier molecular flexibility index (Phi) is 5.41. The summed E-state index contributed by atoms with van der Waals surface area (Å²) in [5.41, 5.74) is 7.89. The molecule has 2 rings (SSSR count). The lowest BCUT2D eigenvalue weighted by molar-refractivity contribution is 0.417. The summed E-state index contributed by atoms with van der Waals surface area (Å²) in [6, 6.07) is 12.4. The van der Waals surface area contributed by atoms with Crippen LogP contribution in [0.1, 0.15) is 5.56 Å². The first-order valence-corrected chi connectivity index (χ1v) is 7.17. The molecular formula is C17H21FN4O. The van der Waals surface area contributed by atoms with Crippen molar-refractivity contribution in [2.24, 2.45) is 10.7 Å². The first-order chi connectivity index (χ1) is 11.0. The van der Waals surface area contributed by atoms with Gasteiger partial charge < -0.3 is 20.7 Å². The highest BCUT2D eigenvalue weighted by atomic mass is 19.1. The molecule has 0 fully saturated rings. The minimum atomic E-state index is -0.279. The van der Waals surface area contributed by atoms with Crippen LogP contribution >= 0.6 is 0 Å². The van der Waals surface area contributed by atoms with Crippen LogP contribution in [0.25, 0.3) is 0 Å². The molecule has 5 nitrogen and oxygen atoms in total. The van der Waals surface area contributed by atoms with E-state index in [2.05, 4.69) is 10.3 Å². The molecule has 0 aliphatic heterocycles. The van der Waals surface area contributed by atoms with E-state index in [1.54, 1.807) is 32.2 Å². The van der Waals surface area contributed by atoms with Gasteiger partial charge in [0.05, 0.1) is 25.0 Å². The second-order valence-electron chi connectivity index (χ2n) is 5.21. The molecule has 0 aromatic heterocycles. The summed E-state index contributed by atoms with van der Waals surface area (Å²) in [4.78, 5) is 5.95. The van der Waals surface area contributed by atoms with Crippen molar-refractivity contribution >= 4 is 17.3 Å². The van der Waals surface area contributed by atoms with Crippen LogP contribution in [0.5, 0.6) is 5.75 Å². The molecule has 3 N–H and O–H groups in total. The average molecular weight is 316 g/mol. The van der Waals surface area contributed by atoms with E-state index in [-0.39, 0.29) is 11.8 Å². The van der Waals surface area contributed by atoms with Crippen LogP contribution in [0.2, 0.25) is 0 Å². The van der Waals surface area contributed by atoms with Crippen molar-refractivity contribution < 1.29 is 9.13 Å². The molecule has 0 atom stereocenters. The molecule has 0 aliphatic carbocycles. The minimum Gasteiger partial charge on any atom is -0.495 e. The zero-order chi connectivity index (χ0) is 16.8. The number of hydrogen-bond donors (Lipinski definition) is 2. The molecule has 0 saturated heterocycles. The summed E-state index contributed by atoms with van der Waals surface area (Å²) >= 11 is 0. The van der Waals surface area contributed by atoms with Gasteiger partial charge in [-0.05, 0) is 29.8 Å². The fourth-order valence-electron chi connectivity index (χ4n) is 2.11. The van der Waals surface area contributed by atoms with Crippen LogP contribution in [-0.2, 0) is 6.54 Å². The van der Waals surface area contributed by atoms with E-state index in [0.717, 1.165) is 11.3 Å². The van der Waals surface area contributed by atoms with Crippen molar-refractivity contribution in [3.63, 3.8) is 0 Å². The Hall–Kier alpha value is -2.76. The van der Waals surface area contributed by atoms with Gasteiger partial charge in [0, 0.05) is 14.1 Å². The molecule has 2 aromatic rings. The van der Waals surface area contributed by atoms with Crippen LogP contribution in [0.4, 0.5) is 15.8 Å². The van der Waals surface area contributed by atoms with Gasteiger partial charge in [-0.2, -0.15) is 0 Å². The number of methoxy groups -OCH3 is 1. The van der Waals surface area contributed by atoms with Crippen molar-refractivity contribution in [1.82, 2.24) is 0 Å². The third-order valence-corrected chi connectivity index (χ3v) is 3.30. The van der Waals surface area contributed by atoms with Gasteiger partial charge in [0.15, 0.2) is 5.96 Å². The fraction of sp³-hybridized carbons (Fsp3) is 0.235. The predicted octanol–water partition coefficient (Wildman–Crippen LogP) is 2.83. The predicted molar refractivity (Wildman–Crippen MR) is 92.7 cm³/mol. The molecule has 0 amide bonds. The lowest BCUT2D eigenvalue weighted by atomic mass is 10.2. The van der Waals surface area contributed by atoms with E-state index in [9.17, 15) is 4.39 Å². The number of hydrogen-bond acceptors (Lipinski definition) is 3. The summed E-state index contributed by atoms with van der Waals surface area (Å²) in [5.74, 6) is 0.637. The summed E-state index contributed by atoms with van der Waals surface area (Å²) in [5, 5.41) is 2.98. The van der Waals surface area contributed by atoms with E-state index in [1.807, 2.05) is 30.3 Å². The summed E-state index contributed by atoms with van der Waals surface area (Å²) in [6.45, 7) is 0.290. The van der Waals surface area contributed by atoms with E-state index >= 15 is 0 Å². The zero-order valence-electron chi connectivity index (χ0n) is 13.5. The number of nitrogens with one attached hydrogen (secondary N) is 1. The van der Waals surface area contributed by atoms with Gasteiger partial charge in [-0.25, -0.2) is 9.38 Å². The molecule has 23 heavy (non-hydrogen) atoms. The molecule has 6 heteroatoms. The number of guanidine groups is 1. The molecule has 0 bridgehead atoms. The van der Waals surface area contributed by atoms with Gasteiger partial charge in [-0.1, -0.05) is 18.2 Å². The smallest absolute Gasteiger partial charge is 0.193 e. The summed E-state index contributed by atoms with van der Waals surface area (Å²) in [6.07, 6.45) is 0. The Labute approximate surface area is 135 Å². The van der Waals surface area contributed by atoms with Crippen molar-refractivity contribution in [2.45, 2.75) is 6.54 Å². The van der Waals surface area contributed by atoms with Crippen LogP contribution < -0.4 is 20.7 Å². The van der Waals surface area contributed by atoms with E-state index in [1.165, 1.54) is 6.07 Å². The third kappa shape index (κ3) is 4.35. The normalized spacial score (nSPS) is 11.2. The van der Waals surface area contributed by atoms with Crippen molar-refractivity contribution in [1.29, 1.82) is 0 Å². The van der Waals surface area contributed by atoms with Gasteiger partial charge in [-0.15, -0.1) is 0 Å². The Morgan fingerprint density at radius 3 is 2.65 bits per heavy atom. The first-order valence-electron chi connectivity index (χ1n) is 7.17. The largest absolute Gasteiger partial charge is 0.495 e. The van der Waals surface area contributed by atoms with Crippen molar-refractivity contribution in [3.8, 4) is 5.75 Å². The topological polar surface area (TPSA) is 62.9 Å². The van der Waals surface area contributed by atoms with Gasteiger partial charge >= 0.3 is 0 Å². The molecule has 0 radical (unpaired) electrons. The molecule has 2 aromatic carbocycles. The molecule has 0 spiro atoms. The Balaban J connectivity index is 2.06. The van der Waals surface area contributed by atoms with Crippen molar-refractivity contribution in [3.05, 3.63) is 53.8 Å². The highest BCUT2D eigenvalue weighted by molar-refractivity contribution is 5.93. The third-order valence-electron chi connectivity index (χ3n) is 3.30. The summed E-state index contributed by atoms with van der Waals surface area (Å²) < 4.78 is 19.2. The lowest BCUT2D eigenvalue weighted by Gasteiger charge is -2.14. The number of nitrogens with two attached hydrogens (primary N) is 1. The molecule has 122 valence electrons. The standard InChI is InChI=1S/C17H21FN4O/c1-22(2)15-9-8-12(10-13(15)18)11-20-17(19)21-14-6-4-5-7-16(14)23-3/h4-10H,11H2,1-3H3,(H3,19,20,21). The molecule has 0 aliphatic rings. The maximum atomic E-state index is 13.9. The highest BCUT2D eigenvalue weighted by Crippen LogP contribution is 2.23. The van der Waals surface area contributed by atoms with Crippen molar-refractivity contribution in [2.75, 3.05) is 31.4 Å².